The molecule has 0 unspecified atom stereocenters. The fraction of sp³-hybridized carbons (Fsp3) is 0.292. The van der Waals surface area contributed by atoms with Crippen LogP contribution in [0.1, 0.15) is 44.1 Å². The number of H-pyrrole nitrogens is 1. The quantitative estimate of drug-likeness (QED) is 0.378. The lowest BCUT2D eigenvalue weighted by atomic mass is 10.1. The number of hydrogen-bond donors (Lipinski definition) is 3. The molecule has 162 valence electrons. The predicted octanol–water partition coefficient (Wildman–Crippen LogP) is 3.95. The van der Waals surface area contributed by atoms with E-state index in [-0.39, 0.29) is 11.9 Å². The Balaban J connectivity index is 1.68. The highest BCUT2D eigenvalue weighted by molar-refractivity contribution is 5.88. The molecule has 0 aliphatic rings. The number of anilines is 1. The van der Waals surface area contributed by atoms with Crippen molar-refractivity contribution < 1.29 is 14.3 Å². The number of benzene rings is 2. The zero-order valence-corrected chi connectivity index (χ0v) is 18.1. The van der Waals surface area contributed by atoms with Crippen LogP contribution in [0.5, 0.6) is 0 Å². The van der Waals surface area contributed by atoms with Gasteiger partial charge < -0.3 is 20.8 Å². The van der Waals surface area contributed by atoms with E-state index in [4.69, 9.17) is 10.5 Å². The van der Waals surface area contributed by atoms with Gasteiger partial charge in [-0.15, -0.1) is 0 Å². The average molecular weight is 421 g/mol. The molecule has 7 heteroatoms. The molecule has 0 atom stereocenters. The molecule has 7 nitrogen and oxygen atoms in total. The Labute approximate surface area is 181 Å². The molecular weight excluding hydrogens is 392 g/mol. The highest BCUT2D eigenvalue weighted by Gasteiger charge is 2.14. The van der Waals surface area contributed by atoms with E-state index in [1.165, 1.54) is 6.08 Å². The molecule has 31 heavy (non-hydrogen) atoms. The maximum Gasteiger partial charge on any atom is 0.331 e. The highest BCUT2D eigenvalue weighted by atomic mass is 16.6. The van der Waals surface area contributed by atoms with E-state index in [2.05, 4.69) is 15.3 Å². The summed E-state index contributed by atoms with van der Waals surface area (Å²) < 4.78 is 5.32. The summed E-state index contributed by atoms with van der Waals surface area (Å²) in [6, 6.07) is 13.6. The van der Waals surface area contributed by atoms with E-state index >= 15 is 0 Å². The highest BCUT2D eigenvalue weighted by Crippen LogP contribution is 2.20. The third-order valence-electron chi connectivity index (χ3n) is 4.47. The van der Waals surface area contributed by atoms with Crippen LogP contribution in [0.3, 0.4) is 0 Å². The van der Waals surface area contributed by atoms with E-state index in [0.29, 0.717) is 19.4 Å². The SMILES string of the molecule is CC(C)(C)OC(=O)C=Cc1ccccc1NCc1nc2ccc(CCC(N)=O)cc2[nH]1. The van der Waals surface area contributed by atoms with Gasteiger partial charge >= 0.3 is 5.97 Å². The molecule has 0 fully saturated rings. The number of hydrogen-bond acceptors (Lipinski definition) is 5. The Morgan fingerprint density at radius 2 is 1.97 bits per heavy atom. The fourth-order valence-corrected chi connectivity index (χ4v) is 3.09. The first kappa shape index (κ1) is 22.1. The summed E-state index contributed by atoms with van der Waals surface area (Å²) in [5, 5.41) is 3.36. The zero-order valence-electron chi connectivity index (χ0n) is 18.1. The van der Waals surface area contributed by atoms with Crippen LogP contribution in [0.25, 0.3) is 17.1 Å². The predicted molar refractivity (Wildman–Crippen MR) is 122 cm³/mol. The number of amides is 1. The Kier molecular flexibility index (Phi) is 6.74. The van der Waals surface area contributed by atoms with Gasteiger partial charge in [0.1, 0.15) is 11.4 Å². The van der Waals surface area contributed by atoms with Crippen LogP contribution < -0.4 is 11.1 Å². The van der Waals surface area contributed by atoms with Crippen molar-refractivity contribution in [2.75, 3.05) is 5.32 Å². The van der Waals surface area contributed by atoms with E-state index in [1.807, 2.05) is 63.2 Å². The van der Waals surface area contributed by atoms with Gasteiger partial charge in [0.15, 0.2) is 0 Å². The number of fused-ring (bicyclic) bond motifs is 1. The first-order chi connectivity index (χ1) is 14.7. The number of aromatic nitrogens is 2. The summed E-state index contributed by atoms with van der Waals surface area (Å²) in [6.45, 7) is 6.00. The zero-order chi connectivity index (χ0) is 22.4. The smallest absolute Gasteiger partial charge is 0.331 e. The minimum Gasteiger partial charge on any atom is -0.457 e. The second kappa shape index (κ2) is 9.47. The van der Waals surface area contributed by atoms with Crippen LogP contribution in [0.2, 0.25) is 0 Å². The van der Waals surface area contributed by atoms with Crippen molar-refractivity contribution in [2.45, 2.75) is 45.8 Å². The summed E-state index contributed by atoms with van der Waals surface area (Å²) >= 11 is 0. The number of primary amides is 1. The average Bonchev–Trinajstić information content (AvgIpc) is 3.10. The Hall–Kier alpha value is -3.61. The van der Waals surface area contributed by atoms with Crippen molar-refractivity contribution in [3.8, 4) is 0 Å². The first-order valence-corrected chi connectivity index (χ1v) is 10.2. The number of ether oxygens (including phenoxy) is 1. The lowest BCUT2D eigenvalue weighted by molar-refractivity contribution is -0.148. The molecule has 1 heterocycles. The van der Waals surface area contributed by atoms with E-state index in [9.17, 15) is 9.59 Å². The Bertz CT molecular complexity index is 1110. The minimum absolute atomic E-state index is 0.311. The summed E-state index contributed by atoms with van der Waals surface area (Å²) in [5.74, 6) is 0.0914. The number of rotatable bonds is 8. The molecule has 0 bridgehead atoms. The molecule has 1 amide bonds. The second-order valence-corrected chi connectivity index (χ2v) is 8.31. The van der Waals surface area contributed by atoms with Crippen molar-refractivity contribution >= 4 is 34.7 Å². The third kappa shape index (κ3) is 6.70. The maximum atomic E-state index is 12.0. The van der Waals surface area contributed by atoms with Gasteiger partial charge in [0.2, 0.25) is 5.91 Å². The molecule has 0 saturated heterocycles. The molecule has 3 rings (SSSR count). The number of nitrogens with one attached hydrogen (secondary N) is 2. The minimum atomic E-state index is -0.528. The summed E-state index contributed by atoms with van der Waals surface area (Å²) in [4.78, 5) is 30.9. The van der Waals surface area contributed by atoms with Crippen molar-refractivity contribution in [3.63, 3.8) is 0 Å². The summed E-state index contributed by atoms with van der Waals surface area (Å²) in [6.07, 6.45) is 4.09. The van der Waals surface area contributed by atoms with Crippen LogP contribution in [-0.4, -0.2) is 27.4 Å². The largest absolute Gasteiger partial charge is 0.457 e. The van der Waals surface area contributed by atoms with Gasteiger partial charge in [0.05, 0.1) is 17.6 Å². The van der Waals surface area contributed by atoms with Gasteiger partial charge in [0, 0.05) is 18.2 Å². The van der Waals surface area contributed by atoms with Gasteiger partial charge in [-0.05, 0) is 62.6 Å². The first-order valence-electron chi connectivity index (χ1n) is 10.2. The number of carbonyl (C=O) groups excluding carboxylic acids is 2. The molecule has 1 aromatic heterocycles. The number of nitrogens with two attached hydrogens (primary N) is 1. The molecule has 2 aromatic carbocycles. The van der Waals surface area contributed by atoms with Gasteiger partial charge in [-0.25, -0.2) is 9.78 Å². The normalized spacial score (nSPS) is 11.7. The molecule has 0 aliphatic heterocycles. The molecule has 0 spiro atoms. The van der Waals surface area contributed by atoms with E-state index in [1.54, 1.807) is 6.08 Å². The summed E-state index contributed by atoms with van der Waals surface area (Å²) in [5.41, 5.74) is 9.26. The van der Waals surface area contributed by atoms with Crippen molar-refractivity contribution in [1.82, 2.24) is 9.97 Å². The van der Waals surface area contributed by atoms with Crippen LogP contribution in [0.15, 0.2) is 48.5 Å². The molecule has 0 aliphatic carbocycles. The molecule has 4 N–H and O–H groups in total. The lowest BCUT2D eigenvalue weighted by Crippen LogP contribution is -2.22. The van der Waals surface area contributed by atoms with Crippen molar-refractivity contribution in [3.05, 3.63) is 65.5 Å². The number of carbonyl (C=O) groups is 2. The fourth-order valence-electron chi connectivity index (χ4n) is 3.09. The standard InChI is InChI=1S/C24H28N4O3/c1-24(2,3)31-23(30)13-10-17-6-4-5-7-18(17)26-15-22-27-19-11-8-16(9-12-21(25)29)14-20(19)28-22/h4-8,10-11,13-14,26H,9,12,15H2,1-3H3,(H2,25,29)(H,27,28). The topological polar surface area (TPSA) is 110 Å². The van der Waals surface area contributed by atoms with E-state index in [0.717, 1.165) is 33.7 Å². The number of para-hydroxylation sites is 1. The lowest BCUT2D eigenvalue weighted by Gasteiger charge is -2.18. The van der Waals surface area contributed by atoms with Gasteiger partial charge in [-0.2, -0.15) is 0 Å². The van der Waals surface area contributed by atoms with Crippen LogP contribution >= 0.6 is 0 Å². The van der Waals surface area contributed by atoms with Crippen LogP contribution in [0, 0.1) is 0 Å². The van der Waals surface area contributed by atoms with E-state index < -0.39 is 5.60 Å². The molecule has 0 saturated carbocycles. The van der Waals surface area contributed by atoms with Crippen LogP contribution in [-0.2, 0) is 27.3 Å². The summed E-state index contributed by atoms with van der Waals surface area (Å²) in [7, 11) is 0. The maximum absolute atomic E-state index is 12.0. The number of imidazole rings is 1. The number of nitrogens with zero attached hydrogens (tertiary/aromatic N) is 1. The number of esters is 1. The Morgan fingerprint density at radius 3 is 2.71 bits per heavy atom. The molecule has 0 radical (unpaired) electrons. The van der Waals surface area contributed by atoms with Gasteiger partial charge in [-0.3, -0.25) is 4.79 Å². The van der Waals surface area contributed by atoms with Crippen LogP contribution in [0.4, 0.5) is 5.69 Å². The number of aromatic amines is 1. The number of aryl methyl sites for hydroxylation is 1. The van der Waals surface area contributed by atoms with Crippen molar-refractivity contribution in [1.29, 1.82) is 0 Å². The third-order valence-corrected chi connectivity index (χ3v) is 4.47. The van der Waals surface area contributed by atoms with Gasteiger partial charge in [0.25, 0.3) is 0 Å². The van der Waals surface area contributed by atoms with Crippen molar-refractivity contribution in [2.24, 2.45) is 5.73 Å². The Morgan fingerprint density at radius 1 is 1.19 bits per heavy atom. The molecular formula is C24H28N4O3. The monoisotopic (exact) mass is 420 g/mol. The van der Waals surface area contributed by atoms with Gasteiger partial charge in [-0.1, -0.05) is 24.3 Å². The molecule has 3 aromatic rings. The second-order valence-electron chi connectivity index (χ2n) is 8.31.